The summed E-state index contributed by atoms with van der Waals surface area (Å²) in [5.74, 6) is 0.280. The van der Waals surface area contributed by atoms with Crippen LogP contribution in [0.1, 0.15) is 11.5 Å². The topological polar surface area (TPSA) is 38.7 Å². The first kappa shape index (κ1) is 13.6. The van der Waals surface area contributed by atoms with Crippen LogP contribution in [-0.2, 0) is 0 Å². The molecule has 0 atom stereocenters. The average Bonchev–Trinajstić information content (AvgIpc) is 3.18. The van der Waals surface area contributed by atoms with Crippen LogP contribution in [0, 0.1) is 0 Å². The summed E-state index contributed by atoms with van der Waals surface area (Å²) in [6.45, 7) is 0. The van der Waals surface area contributed by atoms with Gasteiger partial charge in [-0.1, -0.05) is 36.4 Å². The molecule has 0 fully saturated rings. The minimum atomic E-state index is 0.280. The Bertz CT molecular complexity index is 798. The van der Waals surface area contributed by atoms with Crippen LogP contribution < -0.4 is 0 Å². The highest BCUT2D eigenvalue weighted by molar-refractivity contribution is 5.64. The molecule has 0 radical (unpaired) electrons. The normalized spacial score (nSPS) is 13.6. The van der Waals surface area contributed by atoms with Gasteiger partial charge in [0.25, 0.3) is 0 Å². The van der Waals surface area contributed by atoms with Crippen LogP contribution in [0.3, 0.4) is 0 Å². The van der Waals surface area contributed by atoms with Gasteiger partial charge in [-0.3, -0.25) is 9.97 Å². The Balaban J connectivity index is 1.87. The highest BCUT2D eigenvalue weighted by Crippen LogP contribution is 2.29. The zero-order chi connectivity index (χ0) is 15.5. The number of hydrogen-bond acceptors (Lipinski definition) is 3. The van der Waals surface area contributed by atoms with Gasteiger partial charge in [0, 0.05) is 18.3 Å². The lowest BCUT2D eigenvalue weighted by Crippen LogP contribution is -1.97. The highest BCUT2D eigenvalue weighted by Gasteiger charge is 2.13. The summed E-state index contributed by atoms with van der Waals surface area (Å²) in [5.41, 5.74) is 4.69. The van der Waals surface area contributed by atoms with Crippen molar-refractivity contribution in [2.45, 2.75) is 5.92 Å². The van der Waals surface area contributed by atoms with Crippen molar-refractivity contribution in [2.24, 2.45) is 0 Å². The van der Waals surface area contributed by atoms with E-state index < -0.39 is 0 Å². The molecule has 3 heteroatoms. The van der Waals surface area contributed by atoms with Crippen molar-refractivity contribution in [3.63, 3.8) is 0 Å². The molecule has 1 aliphatic rings. The third kappa shape index (κ3) is 2.81. The molecule has 1 aliphatic carbocycles. The Morgan fingerprint density at radius 2 is 1.22 bits per heavy atom. The van der Waals surface area contributed by atoms with Crippen molar-refractivity contribution < 1.29 is 0 Å². The maximum absolute atomic E-state index is 4.77. The van der Waals surface area contributed by atoms with Gasteiger partial charge in [0.05, 0.1) is 22.8 Å². The number of aromatic nitrogens is 3. The van der Waals surface area contributed by atoms with Gasteiger partial charge < -0.3 is 0 Å². The van der Waals surface area contributed by atoms with E-state index in [-0.39, 0.29) is 5.92 Å². The van der Waals surface area contributed by atoms with E-state index >= 15 is 0 Å². The quantitative estimate of drug-likeness (QED) is 0.718. The lowest BCUT2D eigenvalue weighted by atomic mass is 9.98. The van der Waals surface area contributed by atoms with Crippen molar-refractivity contribution in [1.82, 2.24) is 15.0 Å². The fraction of sp³-hybridized carbons (Fsp3) is 0.0500. The zero-order valence-corrected chi connectivity index (χ0v) is 12.5. The second-order valence-corrected chi connectivity index (χ2v) is 5.40. The zero-order valence-electron chi connectivity index (χ0n) is 12.5. The SMILES string of the molecule is C1=CC(c2cc(-c3ccccn3)nc(-c3ccccn3)c2)C=C1. The number of hydrogen-bond donors (Lipinski definition) is 0. The van der Waals surface area contributed by atoms with Gasteiger partial charge in [-0.05, 0) is 42.0 Å². The molecule has 3 aromatic heterocycles. The Morgan fingerprint density at radius 3 is 1.70 bits per heavy atom. The van der Waals surface area contributed by atoms with E-state index in [9.17, 15) is 0 Å². The molecular weight excluding hydrogens is 282 g/mol. The van der Waals surface area contributed by atoms with E-state index in [1.54, 1.807) is 12.4 Å². The molecule has 0 aromatic carbocycles. The third-order valence-electron chi connectivity index (χ3n) is 3.84. The Kier molecular flexibility index (Phi) is 3.53. The summed E-state index contributed by atoms with van der Waals surface area (Å²) < 4.78 is 0. The van der Waals surface area contributed by atoms with E-state index in [2.05, 4.69) is 46.4 Å². The Hall–Kier alpha value is -3.07. The van der Waals surface area contributed by atoms with Crippen LogP contribution in [0.2, 0.25) is 0 Å². The predicted molar refractivity (Wildman–Crippen MR) is 91.7 cm³/mol. The molecule has 0 N–H and O–H groups in total. The molecule has 110 valence electrons. The maximum Gasteiger partial charge on any atom is 0.0897 e. The summed E-state index contributed by atoms with van der Waals surface area (Å²) in [5, 5.41) is 0. The first-order valence-corrected chi connectivity index (χ1v) is 7.60. The largest absolute Gasteiger partial charge is 0.255 e. The molecule has 4 rings (SSSR count). The van der Waals surface area contributed by atoms with E-state index in [0.717, 1.165) is 22.8 Å². The monoisotopic (exact) mass is 297 g/mol. The first-order valence-electron chi connectivity index (χ1n) is 7.60. The summed E-state index contributed by atoms with van der Waals surface area (Å²) in [6.07, 6.45) is 12.1. The van der Waals surface area contributed by atoms with Crippen molar-refractivity contribution in [1.29, 1.82) is 0 Å². The molecule has 0 spiro atoms. The van der Waals surface area contributed by atoms with Gasteiger partial charge in [0.2, 0.25) is 0 Å². The average molecular weight is 297 g/mol. The Morgan fingerprint density at radius 1 is 0.652 bits per heavy atom. The van der Waals surface area contributed by atoms with Crippen molar-refractivity contribution >= 4 is 0 Å². The van der Waals surface area contributed by atoms with Crippen LogP contribution >= 0.6 is 0 Å². The van der Waals surface area contributed by atoms with Gasteiger partial charge >= 0.3 is 0 Å². The van der Waals surface area contributed by atoms with E-state index in [0.29, 0.717) is 0 Å². The predicted octanol–water partition coefficient (Wildman–Crippen LogP) is 4.42. The van der Waals surface area contributed by atoms with Crippen LogP contribution in [-0.4, -0.2) is 15.0 Å². The molecule has 0 saturated heterocycles. The summed E-state index contributed by atoms with van der Waals surface area (Å²) in [4.78, 5) is 13.6. The highest BCUT2D eigenvalue weighted by atomic mass is 14.8. The Labute approximate surface area is 135 Å². The fourth-order valence-corrected chi connectivity index (χ4v) is 2.69. The van der Waals surface area contributed by atoms with E-state index in [1.165, 1.54) is 5.56 Å². The molecule has 3 aromatic rings. The molecule has 0 aliphatic heterocycles. The number of rotatable bonds is 3. The molecule has 0 unspecified atom stereocenters. The van der Waals surface area contributed by atoms with E-state index in [1.807, 2.05) is 36.4 Å². The lowest BCUT2D eigenvalue weighted by Gasteiger charge is -2.11. The van der Waals surface area contributed by atoms with E-state index in [4.69, 9.17) is 4.98 Å². The van der Waals surface area contributed by atoms with Crippen LogP contribution in [0.25, 0.3) is 22.8 Å². The van der Waals surface area contributed by atoms with Gasteiger partial charge in [0.1, 0.15) is 0 Å². The summed E-state index contributed by atoms with van der Waals surface area (Å²) >= 11 is 0. The second-order valence-electron chi connectivity index (χ2n) is 5.40. The molecule has 0 saturated carbocycles. The minimum Gasteiger partial charge on any atom is -0.255 e. The number of nitrogens with zero attached hydrogens (tertiary/aromatic N) is 3. The smallest absolute Gasteiger partial charge is 0.0897 e. The van der Waals surface area contributed by atoms with Crippen LogP contribution in [0.15, 0.2) is 85.2 Å². The van der Waals surface area contributed by atoms with Crippen molar-refractivity contribution in [3.05, 3.63) is 90.8 Å². The molecule has 0 amide bonds. The molecular formula is C20H15N3. The van der Waals surface area contributed by atoms with Crippen LogP contribution in [0.4, 0.5) is 0 Å². The van der Waals surface area contributed by atoms with Crippen molar-refractivity contribution in [2.75, 3.05) is 0 Å². The number of allylic oxidation sites excluding steroid dienone is 4. The third-order valence-corrected chi connectivity index (χ3v) is 3.84. The van der Waals surface area contributed by atoms with Gasteiger partial charge in [-0.2, -0.15) is 0 Å². The van der Waals surface area contributed by atoms with Gasteiger partial charge in [-0.15, -0.1) is 0 Å². The van der Waals surface area contributed by atoms with Crippen molar-refractivity contribution in [3.8, 4) is 22.8 Å². The number of pyridine rings is 3. The molecule has 3 heterocycles. The summed E-state index contributed by atoms with van der Waals surface area (Å²) in [7, 11) is 0. The fourth-order valence-electron chi connectivity index (χ4n) is 2.69. The van der Waals surface area contributed by atoms with Gasteiger partial charge in [-0.25, -0.2) is 4.98 Å². The lowest BCUT2D eigenvalue weighted by molar-refractivity contribution is 1.08. The molecule has 3 nitrogen and oxygen atoms in total. The standard InChI is InChI=1S/C20H15N3/c1-2-8-15(7-1)16-13-19(17-9-3-5-11-21-17)23-20(14-16)18-10-4-6-12-22-18/h1-15H. The first-order chi connectivity index (χ1) is 11.4. The van der Waals surface area contributed by atoms with Crippen LogP contribution in [0.5, 0.6) is 0 Å². The molecule has 0 bridgehead atoms. The van der Waals surface area contributed by atoms with Gasteiger partial charge in [0.15, 0.2) is 0 Å². The second kappa shape index (κ2) is 5.97. The summed E-state index contributed by atoms with van der Waals surface area (Å²) in [6, 6.07) is 16.0. The maximum atomic E-state index is 4.77. The molecule has 23 heavy (non-hydrogen) atoms. The minimum absolute atomic E-state index is 0.280.